The molecule has 3 rings (SSSR count). The Hall–Kier alpha value is -2.90. The predicted octanol–water partition coefficient (Wildman–Crippen LogP) is 4.48. The topological polar surface area (TPSA) is 79.4 Å². The minimum Gasteiger partial charge on any atom is -0.326 e. The van der Waals surface area contributed by atoms with Crippen molar-refractivity contribution < 1.29 is 13.2 Å². The van der Waals surface area contributed by atoms with Crippen molar-refractivity contribution in [2.75, 3.05) is 9.62 Å². The van der Waals surface area contributed by atoms with Crippen LogP contribution >= 0.6 is 11.6 Å². The van der Waals surface area contributed by atoms with Gasteiger partial charge in [-0.15, -0.1) is 0 Å². The molecule has 2 aromatic carbocycles. The zero-order valence-electron chi connectivity index (χ0n) is 15.7. The van der Waals surface area contributed by atoms with Gasteiger partial charge in [0.05, 0.1) is 17.1 Å². The summed E-state index contributed by atoms with van der Waals surface area (Å²) in [6, 6.07) is 16.3. The van der Waals surface area contributed by atoms with E-state index in [0.717, 1.165) is 5.56 Å². The molecule has 0 atom stereocenters. The molecule has 0 saturated carbocycles. The second kappa shape index (κ2) is 9.07. The summed E-state index contributed by atoms with van der Waals surface area (Å²) in [6.07, 6.45) is 3.60. The highest BCUT2D eigenvalue weighted by Gasteiger charge is 2.25. The van der Waals surface area contributed by atoms with Crippen LogP contribution in [0.5, 0.6) is 0 Å². The predicted molar refractivity (Wildman–Crippen MR) is 114 cm³/mol. The molecule has 0 bridgehead atoms. The Bertz CT molecular complexity index is 1070. The lowest BCUT2D eigenvalue weighted by molar-refractivity contribution is -0.115. The fourth-order valence-electron chi connectivity index (χ4n) is 2.67. The van der Waals surface area contributed by atoms with E-state index in [1.165, 1.54) is 16.4 Å². The third kappa shape index (κ3) is 5.13. The molecular formula is C21H20ClN3O3S. The van der Waals surface area contributed by atoms with Gasteiger partial charge in [0.15, 0.2) is 0 Å². The van der Waals surface area contributed by atoms with Gasteiger partial charge >= 0.3 is 0 Å². The number of benzene rings is 2. The zero-order valence-corrected chi connectivity index (χ0v) is 17.3. The number of hydrogen-bond donors (Lipinski definition) is 1. The molecule has 0 aliphatic rings. The maximum absolute atomic E-state index is 13.4. The van der Waals surface area contributed by atoms with Gasteiger partial charge in [0.1, 0.15) is 0 Å². The fourth-order valence-corrected chi connectivity index (χ4v) is 4.25. The largest absolute Gasteiger partial charge is 0.326 e. The smallest absolute Gasteiger partial charge is 0.264 e. The van der Waals surface area contributed by atoms with Crippen LogP contribution < -0.4 is 9.62 Å². The number of halogens is 1. The highest BCUT2D eigenvalue weighted by atomic mass is 35.5. The van der Waals surface area contributed by atoms with Gasteiger partial charge in [-0.3, -0.25) is 14.1 Å². The van der Waals surface area contributed by atoms with Crippen molar-refractivity contribution in [1.82, 2.24) is 4.98 Å². The molecule has 0 radical (unpaired) electrons. The summed E-state index contributed by atoms with van der Waals surface area (Å²) < 4.78 is 28.1. The van der Waals surface area contributed by atoms with E-state index in [1.807, 2.05) is 6.07 Å². The summed E-state index contributed by atoms with van der Waals surface area (Å²) in [5.74, 6) is -0.139. The molecule has 1 amide bonds. The number of hydrogen-bond acceptors (Lipinski definition) is 4. The number of nitrogens with one attached hydrogen (secondary N) is 1. The standard InChI is InChI=1S/C21H20ClN3O3S/c1-2-21(26)24-18-7-11-20(12-8-18)29(27,28)25(15-16-4-3-13-23-14-16)19-9-5-17(22)6-10-19/h3-14H,2,15H2,1H3,(H,24,26). The highest BCUT2D eigenvalue weighted by molar-refractivity contribution is 7.92. The summed E-state index contributed by atoms with van der Waals surface area (Å²) in [6.45, 7) is 1.86. The van der Waals surface area contributed by atoms with Gasteiger partial charge in [0.25, 0.3) is 10.0 Å². The molecule has 1 heterocycles. The van der Waals surface area contributed by atoms with E-state index in [4.69, 9.17) is 11.6 Å². The van der Waals surface area contributed by atoms with Crippen LogP contribution in [-0.2, 0) is 21.4 Å². The van der Waals surface area contributed by atoms with Crippen molar-refractivity contribution in [3.8, 4) is 0 Å². The van der Waals surface area contributed by atoms with Crippen molar-refractivity contribution in [3.63, 3.8) is 0 Å². The third-order valence-electron chi connectivity index (χ3n) is 4.21. The number of rotatable bonds is 7. The van der Waals surface area contributed by atoms with Crippen molar-refractivity contribution in [2.24, 2.45) is 0 Å². The normalized spacial score (nSPS) is 11.1. The Balaban J connectivity index is 1.97. The average Bonchev–Trinajstić information content (AvgIpc) is 2.74. The lowest BCUT2D eigenvalue weighted by Crippen LogP contribution is -2.30. The number of amides is 1. The van der Waals surface area contributed by atoms with Crippen LogP contribution in [0.1, 0.15) is 18.9 Å². The molecule has 150 valence electrons. The van der Waals surface area contributed by atoms with Gasteiger partial charge in [-0.05, 0) is 60.2 Å². The lowest BCUT2D eigenvalue weighted by atomic mass is 10.2. The Morgan fingerprint density at radius 1 is 1.07 bits per heavy atom. The number of anilines is 2. The van der Waals surface area contributed by atoms with Gasteiger partial charge < -0.3 is 5.32 Å². The molecular weight excluding hydrogens is 410 g/mol. The van der Waals surface area contributed by atoms with E-state index in [-0.39, 0.29) is 17.3 Å². The molecule has 3 aromatic rings. The average molecular weight is 430 g/mol. The minimum atomic E-state index is -3.87. The van der Waals surface area contributed by atoms with Crippen LogP contribution in [0.4, 0.5) is 11.4 Å². The fraction of sp³-hybridized carbons (Fsp3) is 0.143. The van der Waals surface area contributed by atoms with Crippen molar-refractivity contribution in [1.29, 1.82) is 0 Å². The zero-order chi connectivity index (χ0) is 20.9. The molecule has 0 saturated heterocycles. The van der Waals surface area contributed by atoms with Crippen LogP contribution in [0.25, 0.3) is 0 Å². The molecule has 1 N–H and O–H groups in total. The second-order valence-corrected chi connectivity index (χ2v) is 8.57. The minimum absolute atomic E-state index is 0.117. The Morgan fingerprint density at radius 2 is 1.76 bits per heavy atom. The maximum atomic E-state index is 13.4. The molecule has 29 heavy (non-hydrogen) atoms. The Kier molecular flexibility index (Phi) is 6.51. The van der Waals surface area contributed by atoms with Crippen LogP contribution in [0, 0.1) is 0 Å². The first-order valence-electron chi connectivity index (χ1n) is 8.97. The van der Waals surface area contributed by atoms with Crippen molar-refractivity contribution in [2.45, 2.75) is 24.8 Å². The van der Waals surface area contributed by atoms with Crippen molar-refractivity contribution >= 4 is 38.9 Å². The van der Waals surface area contributed by atoms with E-state index in [2.05, 4.69) is 10.3 Å². The van der Waals surface area contributed by atoms with Crippen LogP contribution in [0.2, 0.25) is 5.02 Å². The third-order valence-corrected chi connectivity index (χ3v) is 6.25. The van der Waals surface area contributed by atoms with Gasteiger partial charge in [0, 0.05) is 29.5 Å². The number of carbonyl (C=O) groups excluding carboxylic acids is 1. The van der Waals surface area contributed by atoms with Crippen LogP contribution in [0.15, 0.2) is 78.0 Å². The van der Waals surface area contributed by atoms with Gasteiger partial charge in [-0.25, -0.2) is 8.42 Å². The molecule has 0 spiro atoms. The monoisotopic (exact) mass is 429 g/mol. The summed E-state index contributed by atoms with van der Waals surface area (Å²) in [5.41, 5.74) is 1.78. The number of nitrogens with zero attached hydrogens (tertiary/aromatic N) is 2. The van der Waals surface area contributed by atoms with Gasteiger partial charge in [0.2, 0.25) is 5.91 Å². The molecule has 8 heteroatoms. The van der Waals surface area contributed by atoms with Gasteiger partial charge in [-0.2, -0.15) is 0 Å². The summed E-state index contributed by atoms with van der Waals surface area (Å²) in [4.78, 5) is 15.7. The van der Waals surface area contributed by atoms with Crippen LogP contribution in [0.3, 0.4) is 0 Å². The highest BCUT2D eigenvalue weighted by Crippen LogP contribution is 2.27. The molecule has 0 unspecified atom stereocenters. The van der Waals surface area contributed by atoms with E-state index >= 15 is 0 Å². The summed E-state index contributed by atoms with van der Waals surface area (Å²) in [5, 5.41) is 3.22. The molecule has 0 fully saturated rings. The van der Waals surface area contributed by atoms with Crippen molar-refractivity contribution in [3.05, 3.63) is 83.6 Å². The molecule has 6 nitrogen and oxygen atoms in total. The Morgan fingerprint density at radius 3 is 2.34 bits per heavy atom. The lowest BCUT2D eigenvalue weighted by Gasteiger charge is -2.25. The number of sulfonamides is 1. The van der Waals surface area contributed by atoms with E-state index in [9.17, 15) is 13.2 Å². The van der Waals surface area contributed by atoms with E-state index in [1.54, 1.807) is 61.8 Å². The first kappa shape index (κ1) is 20.8. The quantitative estimate of drug-likeness (QED) is 0.600. The SMILES string of the molecule is CCC(=O)Nc1ccc(S(=O)(=O)N(Cc2cccnc2)c2ccc(Cl)cc2)cc1. The molecule has 0 aliphatic carbocycles. The first-order valence-corrected chi connectivity index (χ1v) is 10.8. The summed E-state index contributed by atoms with van der Waals surface area (Å²) >= 11 is 5.97. The Labute approximate surface area is 175 Å². The molecule has 1 aromatic heterocycles. The number of carbonyl (C=O) groups is 1. The second-order valence-electron chi connectivity index (χ2n) is 6.28. The van der Waals surface area contributed by atoms with Gasteiger partial charge in [-0.1, -0.05) is 24.6 Å². The van der Waals surface area contributed by atoms with Crippen LogP contribution in [-0.4, -0.2) is 19.3 Å². The van der Waals surface area contributed by atoms with E-state index in [0.29, 0.717) is 22.8 Å². The summed E-state index contributed by atoms with van der Waals surface area (Å²) in [7, 11) is -3.87. The molecule has 0 aliphatic heterocycles. The van der Waals surface area contributed by atoms with E-state index < -0.39 is 10.0 Å². The first-order chi connectivity index (χ1) is 13.9. The maximum Gasteiger partial charge on any atom is 0.264 e. The number of aromatic nitrogens is 1. The number of pyridine rings is 1.